The standard InChI is InChI=1S/C21H20FN3O4S2/c1-3-17(19(26)24-15-8-6-14(22)7-9-15)30-21-23-12-18(20(27)25-21)31(28,29)16-10-4-13(2)5-11-16/h4-12,17H,3H2,1-2H3,(H,24,26)(H,23,25,27)/t17-/m0/s1. The zero-order valence-corrected chi connectivity index (χ0v) is 18.4. The van der Waals surface area contributed by atoms with Crippen LogP contribution in [0.4, 0.5) is 10.1 Å². The van der Waals surface area contributed by atoms with Gasteiger partial charge < -0.3 is 10.3 Å². The number of halogens is 1. The Morgan fingerprint density at radius 1 is 1.16 bits per heavy atom. The molecule has 3 aromatic rings. The summed E-state index contributed by atoms with van der Waals surface area (Å²) in [6.45, 7) is 3.61. The van der Waals surface area contributed by atoms with Crippen LogP contribution in [-0.4, -0.2) is 29.5 Å². The normalized spacial score (nSPS) is 12.4. The van der Waals surface area contributed by atoms with Crippen molar-refractivity contribution in [3.8, 4) is 0 Å². The van der Waals surface area contributed by atoms with Crippen molar-refractivity contribution in [2.75, 3.05) is 5.32 Å². The number of anilines is 1. The molecule has 2 aromatic carbocycles. The Kier molecular flexibility index (Phi) is 6.91. The third kappa shape index (κ3) is 5.39. The molecule has 162 valence electrons. The topological polar surface area (TPSA) is 109 Å². The number of sulfone groups is 1. The van der Waals surface area contributed by atoms with Gasteiger partial charge in [-0.05, 0) is 49.7 Å². The summed E-state index contributed by atoms with van der Waals surface area (Å²) in [7, 11) is -4.02. The quantitative estimate of drug-likeness (QED) is 0.411. The van der Waals surface area contributed by atoms with Crippen LogP contribution < -0.4 is 10.9 Å². The molecule has 31 heavy (non-hydrogen) atoms. The Morgan fingerprint density at radius 2 is 1.81 bits per heavy atom. The van der Waals surface area contributed by atoms with Gasteiger partial charge in [-0.25, -0.2) is 17.8 Å². The number of amides is 1. The largest absolute Gasteiger partial charge is 0.325 e. The van der Waals surface area contributed by atoms with Crippen molar-refractivity contribution in [1.29, 1.82) is 0 Å². The number of rotatable bonds is 7. The molecular weight excluding hydrogens is 441 g/mol. The second-order valence-electron chi connectivity index (χ2n) is 6.71. The van der Waals surface area contributed by atoms with Crippen LogP contribution in [0.5, 0.6) is 0 Å². The lowest BCUT2D eigenvalue weighted by molar-refractivity contribution is -0.115. The number of H-pyrrole nitrogens is 1. The molecule has 0 aliphatic rings. The maximum absolute atomic E-state index is 13.0. The molecule has 2 N–H and O–H groups in total. The number of hydrogen-bond acceptors (Lipinski definition) is 6. The summed E-state index contributed by atoms with van der Waals surface area (Å²) < 4.78 is 38.5. The minimum atomic E-state index is -4.02. The average molecular weight is 462 g/mol. The van der Waals surface area contributed by atoms with Gasteiger partial charge in [0, 0.05) is 5.69 Å². The van der Waals surface area contributed by atoms with Crippen LogP contribution in [0.2, 0.25) is 0 Å². The Balaban J connectivity index is 1.78. The van der Waals surface area contributed by atoms with Crippen LogP contribution in [-0.2, 0) is 14.6 Å². The molecule has 0 saturated carbocycles. The average Bonchev–Trinajstić information content (AvgIpc) is 2.73. The number of aryl methyl sites for hydroxylation is 1. The molecule has 1 heterocycles. The van der Waals surface area contributed by atoms with Crippen LogP contribution >= 0.6 is 11.8 Å². The van der Waals surface area contributed by atoms with Gasteiger partial charge in [-0.3, -0.25) is 9.59 Å². The van der Waals surface area contributed by atoms with E-state index in [1.54, 1.807) is 19.1 Å². The van der Waals surface area contributed by atoms with Crippen molar-refractivity contribution in [2.45, 2.75) is 40.5 Å². The molecule has 0 unspecified atom stereocenters. The second kappa shape index (κ2) is 9.44. The maximum Gasteiger partial charge on any atom is 0.270 e. The van der Waals surface area contributed by atoms with Gasteiger partial charge in [-0.1, -0.05) is 36.4 Å². The van der Waals surface area contributed by atoms with E-state index in [-0.39, 0.29) is 16.0 Å². The maximum atomic E-state index is 13.0. The highest BCUT2D eigenvalue weighted by Crippen LogP contribution is 2.24. The molecule has 10 heteroatoms. The molecule has 0 saturated heterocycles. The zero-order valence-electron chi connectivity index (χ0n) is 16.8. The predicted octanol–water partition coefficient (Wildman–Crippen LogP) is 3.56. The van der Waals surface area contributed by atoms with Gasteiger partial charge in [0.15, 0.2) is 10.1 Å². The van der Waals surface area contributed by atoms with E-state index >= 15 is 0 Å². The fourth-order valence-corrected chi connectivity index (χ4v) is 4.78. The first-order valence-corrected chi connectivity index (χ1v) is 11.7. The van der Waals surface area contributed by atoms with Crippen LogP contribution in [0.3, 0.4) is 0 Å². The highest BCUT2D eigenvalue weighted by molar-refractivity contribution is 8.00. The molecule has 0 bridgehead atoms. The van der Waals surface area contributed by atoms with Crippen molar-refractivity contribution in [1.82, 2.24) is 9.97 Å². The van der Waals surface area contributed by atoms with Gasteiger partial charge in [0.2, 0.25) is 15.7 Å². The van der Waals surface area contributed by atoms with Crippen LogP contribution in [0.15, 0.2) is 74.5 Å². The number of hydrogen-bond donors (Lipinski definition) is 2. The molecule has 0 aliphatic carbocycles. The summed E-state index contributed by atoms with van der Waals surface area (Å²) in [5.74, 6) is -0.764. The van der Waals surface area contributed by atoms with E-state index in [1.165, 1.54) is 36.4 Å². The third-order valence-electron chi connectivity index (χ3n) is 4.39. The van der Waals surface area contributed by atoms with Gasteiger partial charge in [0.25, 0.3) is 5.56 Å². The Hall–Kier alpha value is -2.98. The smallest absolute Gasteiger partial charge is 0.270 e. The Labute approximate surface area is 183 Å². The minimum absolute atomic E-state index is 0.00378. The number of aromatic amines is 1. The minimum Gasteiger partial charge on any atom is -0.325 e. The summed E-state index contributed by atoms with van der Waals surface area (Å²) in [5, 5.41) is 2.19. The first-order chi connectivity index (χ1) is 14.7. The molecule has 1 aromatic heterocycles. The molecule has 0 fully saturated rings. The first-order valence-electron chi connectivity index (χ1n) is 9.35. The van der Waals surface area contributed by atoms with E-state index in [9.17, 15) is 22.4 Å². The number of benzene rings is 2. The van der Waals surface area contributed by atoms with Crippen LogP contribution in [0.1, 0.15) is 18.9 Å². The predicted molar refractivity (Wildman–Crippen MR) is 116 cm³/mol. The summed E-state index contributed by atoms with van der Waals surface area (Å²) >= 11 is 1.00. The molecule has 0 radical (unpaired) electrons. The van der Waals surface area contributed by atoms with Crippen molar-refractivity contribution in [2.24, 2.45) is 0 Å². The third-order valence-corrected chi connectivity index (χ3v) is 7.42. The highest BCUT2D eigenvalue weighted by Gasteiger charge is 2.24. The molecule has 0 spiro atoms. The fourth-order valence-electron chi connectivity index (χ4n) is 2.68. The molecule has 3 rings (SSSR count). The van der Waals surface area contributed by atoms with E-state index in [0.717, 1.165) is 23.5 Å². The molecule has 1 amide bonds. The lowest BCUT2D eigenvalue weighted by Gasteiger charge is -2.14. The van der Waals surface area contributed by atoms with Crippen molar-refractivity contribution in [3.63, 3.8) is 0 Å². The number of aromatic nitrogens is 2. The summed E-state index contributed by atoms with van der Waals surface area (Å²) in [5.41, 5.74) is 0.514. The SMILES string of the molecule is CC[C@H](Sc1ncc(S(=O)(=O)c2ccc(C)cc2)c(=O)[nH]1)C(=O)Nc1ccc(F)cc1. The number of nitrogens with one attached hydrogen (secondary N) is 2. The van der Waals surface area contributed by atoms with Crippen LogP contribution in [0, 0.1) is 12.7 Å². The lowest BCUT2D eigenvalue weighted by Crippen LogP contribution is -2.26. The van der Waals surface area contributed by atoms with Crippen molar-refractivity contribution in [3.05, 3.63) is 76.5 Å². The Bertz CT molecular complexity index is 1240. The lowest BCUT2D eigenvalue weighted by atomic mass is 10.2. The number of carbonyl (C=O) groups is 1. The van der Waals surface area contributed by atoms with E-state index in [1.807, 2.05) is 6.92 Å². The summed E-state index contributed by atoms with van der Waals surface area (Å²) in [6, 6.07) is 11.5. The Morgan fingerprint density at radius 3 is 2.39 bits per heavy atom. The molecular formula is C21H20FN3O4S2. The van der Waals surface area contributed by atoms with Gasteiger partial charge in [-0.2, -0.15) is 0 Å². The monoisotopic (exact) mass is 461 g/mol. The van der Waals surface area contributed by atoms with Gasteiger partial charge in [0.1, 0.15) is 5.82 Å². The van der Waals surface area contributed by atoms with Crippen LogP contribution in [0.25, 0.3) is 0 Å². The summed E-state index contributed by atoms with van der Waals surface area (Å²) in [6.07, 6.45) is 1.42. The van der Waals surface area contributed by atoms with Crippen molar-refractivity contribution < 1.29 is 17.6 Å². The zero-order chi connectivity index (χ0) is 22.6. The van der Waals surface area contributed by atoms with E-state index in [0.29, 0.717) is 12.1 Å². The summed E-state index contributed by atoms with van der Waals surface area (Å²) in [4.78, 5) is 31.0. The van der Waals surface area contributed by atoms with E-state index in [4.69, 9.17) is 0 Å². The molecule has 7 nitrogen and oxygen atoms in total. The molecule has 1 atom stereocenters. The van der Waals surface area contributed by atoms with Gasteiger partial charge in [-0.15, -0.1) is 0 Å². The molecule has 0 aliphatic heterocycles. The van der Waals surface area contributed by atoms with E-state index in [2.05, 4.69) is 15.3 Å². The fraction of sp³-hybridized carbons (Fsp3) is 0.190. The van der Waals surface area contributed by atoms with E-state index < -0.39 is 31.4 Å². The number of carbonyl (C=O) groups excluding carboxylic acids is 1. The second-order valence-corrected chi connectivity index (χ2v) is 9.82. The number of nitrogens with zero attached hydrogens (tertiary/aromatic N) is 1. The first kappa shape index (κ1) is 22.7. The highest BCUT2D eigenvalue weighted by atomic mass is 32.2. The van der Waals surface area contributed by atoms with Gasteiger partial charge in [0.05, 0.1) is 16.3 Å². The number of thioether (sulfide) groups is 1. The van der Waals surface area contributed by atoms with Gasteiger partial charge >= 0.3 is 0 Å². The van der Waals surface area contributed by atoms with Crippen molar-refractivity contribution >= 4 is 33.2 Å².